The van der Waals surface area contributed by atoms with Crippen LogP contribution in [0.4, 0.5) is 9.80 Å². The number of likely N-dealkylation sites (tertiary alicyclic amines) is 1. The highest BCUT2D eigenvalue weighted by Crippen LogP contribution is 2.40. The Labute approximate surface area is 169 Å². The van der Waals surface area contributed by atoms with Gasteiger partial charge in [0.2, 0.25) is 0 Å². The fourth-order valence-electron chi connectivity index (χ4n) is 4.43. The number of hydrogen-bond acceptors (Lipinski definition) is 4. The molecule has 2 aliphatic rings. The molecule has 4 rings (SSSR count). The number of amides is 2. The van der Waals surface area contributed by atoms with Crippen LogP contribution < -0.4 is 5.32 Å². The molecule has 1 atom stereocenters. The molecule has 2 aromatic rings. The number of nitrogens with zero attached hydrogens (tertiary/aromatic N) is 1. The Bertz CT molecular complexity index is 905. The van der Waals surface area contributed by atoms with Gasteiger partial charge in [0, 0.05) is 11.4 Å². The summed E-state index contributed by atoms with van der Waals surface area (Å²) in [5.41, 5.74) is 4.03. The van der Waals surface area contributed by atoms with Gasteiger partial charge in [-0.2, -0.15) is 0 Å². The summed E-state index contributed by atoms with van der Waals surface area (Å²) in [5, 5.41) is 3.69. The maximum atomic E-state index is 13.2. The molecule has 0 unspecified atom stereocenters. The number of thiophene rings is 1. The lowest BCUT2D eigenvalue weighted by Gasteiger charge is -2.26. The van der Waals surface area contributed by atoms with Crippen molar-refractivity contribution in [3.8, 4) is 0 Å². The predicted molar refractivity (Wildman–Crippen MR) is 111 cm³/mol. The highest BCUT2D eigenvalue weighted by atomic mass is 32.1. The Kier molecular flexibility index (Phi) is 5.40. The number of fused-ring (bicyclic) bond motifs is 1. The lowest BCUT2D eigenvalue weighted by Crippen LogP contribution is -2.34. The number of carbonyl (C=O) groups excluding carboxylic acids is 2. The summed E-state index contributed by atoms with van der Waals surface area (Å²) >= 11 is 1.53. The van der Waals surface area contributed by atoms with Gasteiger partial charge in [0.15, 0.2) is 0 Å². The number of anilines is 1. The second-order valence-electron chi connectivity index (χ2n) is 7.54. The molecule has 2 amide bonds. The van der Waals surface area contributed by atoms with Crippen LogP contribution in [0.2, 0.25) is 0 Å². The molecule has 148 valence electrons. The molecule has 6 heteroatoms. The zero-order valence-corrected chi connectivity index (χ0v) is 17.2. The third kappa shape index (κ3) is 3.41. The summed E-state index contributed by atoms with van der Waals surface area (Å²) < 4.78 is 5.02. The lowest BCUT2D eigenvalue weighted by atomic mass is 9.95. The van der Waals surface area contributed by atoms with Crippen molar-refractivity contribution in [3.63, 3.8) is 0 Å². The number of urea groups is 1. The molecule has 28 heavy (non-hydrogen) atoms. The molecule has 5 nitrogen and oxygen atoms in total. The van der Waals surface area contributed by atoms with Crippen LogP contribution >= 0.6 is 11.3 Å². The van der Waals surface area contributed by atoms with Crippen molar-refractivity contribution in [2.45, 2.75) is 51.5 Å². The maximum Gasteiger partial charge on any atom is 0.341 e. The van der Waals surface area contributed by atoms with Crippen molar-refractivity contribution < 1.29 is 14.3 Å². The van der Waals surface area contributed by atoms with Gasteiger partial charge >= 0.3 is 12.0 Å². The van der Waals surface area contributed by atoms with Crippen LogP contribution in [-0.2, 0) is 17.6 Å². The quantitative estimate of drug-likeness (QED) is 0.733. The van der Waals surface area contributed by atoms with Crippen LogP contribution in [-0.4, -0.2) is 30.6 Å². The zero-order chi connectivity index (χ0) is 19.7. The van der Waals surface area contributed by atoms with Crippen molar-refractivity contribution in [2.75, 3.05) is 19.0 Å². The molecule has 0 radical (unpaired) electrons. The molecule has 2 heterocycles. The van der Waals surface area contributed by atoms with E-state index in [0.717, 1.165) is 50.6 Å². The van der Waals surface area contributed by atoms with E-state index in [4.69, 9.17) is 4.74 Å². The van der Waals surface area contributed by atoms with Crippen molar-refractivity contribution in [1.29, 1.82) is 0 Å². The van der Waals surface area contributed by atoms with Gasteiger partial charge in [-0.15, -0.1) is 11.3 Å². The molecule has 1 aromatic carbocycles. The number of methoxy groups -OCH3 is 1. The van der Waals surface area contributed by atoms with Gasteiger partial charge in [-0.3, -0.25) is 5.32 Å². The summed E-state index contributed by atoms with van der Waals surface area (Å²) in [7, 11) is 1.40. The van der Waals surface area contributed by atoms with E-state index in [-0.39, 0.29) is 18.0 Å². The third-order valence-corrected chi connectivity index (χ3v) is 7.05. The van der Waals surface area contributed by atoms with Crippen LogP contribution in [0, 0.1) is 6.92 Å². The van der Waals surface area contributed by atoms with Crippen LogP contribution in [0.1, 0.15) is 63.7 Å². The Hall–Kier alpha value is -2.34. The molecular weight excluding hydrogens is 372 g/mol. The average molecular weight is 399 g/mol. The summed E-state index contributed by atoms with van der Waals surface area (Å²) in [6.45, 7) is 2.82. The predicted octanol–water partition coefficient (Wildman–Crippen LogP) is 5.09. The topological polar surface area (TPSA) is 58.6 Å². The minimum absolute atomic E-state index is 0.0809. The molecule has 1 saturated heterocycles. The largest absolute Gasteiger partial charge is 0.465 e. The number of hydrogen-bond donors (Lipinski definition) is 1. The van der Waals surface area contributed by atoms with Gasteiger partial charge in [0.1, 0.15) is 5.00 Å². The van der Waals surface area contributed by atoms with Crippen molar-refractivity contribution in [1.82, 2.24) is 4.90 Å². The molecule has 0 bridgehead atoms. The molecule has 1 fully saturated rings. The first kappa shape index (κ1) is 19.0. The number of aryl methyl sites for hydroxylation is 2. The molecule has 0 spiro atoms. The summed E-state index contributed by atoms with van der Waals surface area (Å²) in [4.78, 5) is 28.7. The second kappa shape index (κ2) is 7.95. The van der Waals surface area contributed by atoms with E-state index in [9.17, 15) is 9.59 Å². The Morgan fingerprint density at radius 1 is 1.18 bits per heavy atom. The SMILES string of the molecule is COC(=O)c1c(NC(=O)N2CCC[C@H]2c2ccccc2C)sc2c1CCCC2. The fraction of sp³-hybridized carbons (Fsp3) is 0.455. The highest BCUT2D eigenvalue weighted by molar-refractivity contribution is 7.17. The summed E-state index contributed by atoms with van der Waals surface area (Å²) in [5.74, 6) is -0.355. The van der Waals surface area contributed by atoms with Crippen molar-refractivity contribution in [2.24, 2.45) is 0 Å². The summed E-state index contributed by atoms with van der Waals surface area (Å²) in [6, 6.07) is 8.20. The normalized spacial score (nSPS) is 18.6. The van der Waals surface area contributed by atoms with Gasteiger partial charge < -0.3 is 9.64 Å². The minimum Gasteiger partial charge on any atom is -0.465 e. The number of carbonyl (C=O) groups is 2. The standard InChI is InChI=1S/C22H26N2O3S/c1-14-8-3-4-9-15(14)17-11-7-13-24(17)22(26)23-20-19(21(25)27-2)16-10-5-6-12-18(16)28-20/h3-4,8-9,17H,5-7,10-13H2,1-2H3,(H,23,26)/t17-/m0/s1. The number of ether oxygens (including phenoxy) is 1. The Morgan fingerprint density at radius 2 is 1.96 bits per heavy atom. The maximum absolute atomic E-state index is 13.2. The number of esters is 1. The van der Waals surface area contributed by atoms with Gasteiger partial charge in [0.25, 0.3) is 0 Å². The minimum atomic E-state index is -0.355. The van der Waals surface area contributed by atoms with Gasteiger partial charge in [-0.25, -0.2) is 9.59 Å². The van der Waals surface area contributed by atoms with Gasteiger partial charge in [-0.05, 0) is 62.1 Å². The fourth-order valence-corrected chi connectivity index (χ4v) is 5.70. The Balaban J connectivity index is 1.61. The first-order valence-electron chi connectivity index (χ1n) is 9.96. The van der Waals surface area contributed by atoms with Crippen LogP contribution in [0.15, 0.2) is 24.3 Å². The van der Waals surface area contributed by atoms with E-state index >= 15 is 0 Å². The van der Waals surface area contributed by atoms with E-state index in [2.05, 4.69) is 24.4 Å². The highest BCUT2D eigenvalue weighted by Gasteiger charge is 2.33. The average Bonchev–Trinajstić information content (AvgIpc) is 3.32. The molecule has 1 N–H and O–H groups in total. The van der Waals surface area contributed by atoms with Crippen molar-refractivity contribution in [3.05, 3.63) is 51.4 Å². The second-order valence-corrected chi connectivity index (χ2v) is 8.65. The van der Waals surface area contributed by atoms with E-state index in [1.807, 2.05) is 17.0 Å². The molecule has 1 aliphatic heterocycles. The third-order valence-electron chi connectivity index (χ3n) is 5.84. The van der Waals surface area contributed by atoms with Crippen LogP contribution in [0.25, 0.3) is 0 Å². The molecular formula is C22H26N2O3S. The van der Waals surface area contributed by atoms with E-state index in [1.54, 1.807) is 0 Å². The lowest BCUT2D eigenvalue weighted by molar-refractivity contribution is 0.0601. The monoisotopic (exact) mass is 398 g/mol. The molecule has 1 aliphatic carbocycles. The van der Waals surface area contributed by atoms with Gasteiger partial charge in [-0.1, -0.05) is 24.3 Å². The zero-order valence-electron chi connectivity index (χ0n) is 16.4. The van der Waals surface area contributed by atoms with Crippen LogP contribution in [0.3, 0.4) is 0 Å². The van der Waals surface area contributed by atoms with Gasteiger partial charge in [0.05, 0.1) is 18.7 Å². The van der Waals surface area contributed by atoms with E-state index in [0.29, 0.717) is 10.6 Å². The smallest absolute Gasteiger partial charge is 0.341 e. The van der Waals surface area contributed by atoms with Crippen molar-refractivity contribution >= 4 is 28.3 Å². The molecule has 0 saturated carbocycles. The number of rotatable bonds is 3. The number of nitrogens with one attached hydrogen (secondary N) is 1. The van der Waals surface area contributed by atoms with E-state index in [1.165, 1.54) is 34.5 Å². The first-order valence-corrected chi connectivity index (χ1v) is 10.8. The van der Waals surface area contributed by atoms with E-state index < -0.39 is 0 Å². The first-order chi connectivity index (χ1) is 13.6. The number of benzene rings is 1. The summed E-state index contributed by atoms with van der Waals surface area (Å²) in [6.07, 6.45) is 5.99. The Morgan fingerprint density at radius 3 is 2.75 bits per heavy atom. The molecule has 1 aromatic heterocycles. The van der Waals surface area contributed by atoms with Crippen LogP contribution in [0.5, 0.6) is 0 Å².